The van der Waals surface area contributed by atoms with Gasteiger partial charge in [0.05, 0.1) is 6.04 Å². The van der Waals surface area contributed by atoms with E-state index in [1.807, 2.05) is 32.9 Å². The van der Waals surface area contributed by atoms with Gasteiger partial charge in [-0.15, -0.1) is 0 Å². The molecule has 2 atom stereocenters. The van der Waals surface area contributed by atoms with Gasteiger partial charge in [0.1, 0.15) is 6.10 Å². The number of likely N-dealkylation sites (tertiary alicyclic amines) is 1. The third-order valence-corrected chi connectivity index (χ3v) is 5.82. The molecule has 0 aromatic heterocycles. The Hall–Kier alpha value is -1.88. The van der Waals surface area contributed by atoms with E-state index in [1.54, 1.807) is 4.90 Å². The van der Waals surface area contributed by atoms with E-state index in [4.69, 9.17) is 4.74 Å². The molecule has 2 aliphatic heterocycles. The molecule has 1 aromatic rings. The summed E-state index contributed by atoms with van der Waals surface area (Å²) in [5.41, 5.74) is 1.93. The average Bonchev–Trinajstić information content (AvgIpc) is 3.03. The molecule has 0 radical (unpaired) electrons. The summed E-state index contributed by atoms with van der Waals surface area (Å²) in [5, 5.41) is 0. The summed E-state index contributed by atoms with van der Waals surface area (Å²) in [6, 6.07) is 8.04. The van der Waals surface area contributed by atoms with Crippen LogP contribution in [0.15, 0.2) is 24.3 Å². The molecule has 0 aliphatic carbocycles. The molecule has 1 aromatic carbocycles. The van der Waals surface area contributed by atoms with Crippen LogP contribution in [-0.4, -0.2) is 52.5 Å². The van der Waals surface area contributed by atoms with Crippen LogP contribution in [-0.2, 0) is 22.5 Å². The molecule has 1 fully saturated rings. The Kier molecular flexibility index (Phi) is 5.59. The van der Waals surface area contributed by atoms with Crippen LogP contribution in [0.5, 0.6) is 0 Å². The first-order chi connectivity index (χ1) is 13.0. The van der Waals surface area contributed by atoms with Gasteiger partial charge in [-0.25, -0.2) is 4.79 Å². The summed E-state index contributed by atoms with van der Waals surface area (Å²) in [6.45, 7) is 14.1. The molecule has 5 heteroatoms. The van der Waals surface area contributed by atoms with E-state index >= 15 is 0 Å². The number of hydrogen-bond acceptors (Lipinski definition) is 4. The van der Waals surface area contributed by atoms with Crippen molar-refractivity contribution in [1.82, 2.24) is 9.80 Å². The molecule has 3 rings (SSSR count). The standard InChI is InChI=1S/C23H34N2O3/c1-22(2,3)20(26)19-13-18(15-25(19)23(4,5)6)28-21(27)24-12-11-16-9-7-8-10-17(16)14-24/h7-10,18-19H,11-15H2,1-6H3. The van der Waals surface area contributed by atoms with Crippen molar-refractivity contribution in [2.75, 3.05) is 13.1 Å². The van der Waals surface area contributed by atoms with Crippen LogP contribution in [0.1, 0.15) is 59.1 Å². The number of rotatable bonds is 2. The highest BCUT2D eigenvalue weighted by molar-refractivity contribution is 5.89. The number of carbonyl (C=O) groups excluding carboxylic acids is 2. The third-order valence-electron chi connectivity index (χ3n) is 5.82. The highest BCUT2D eigenvalue weighted by atomic mass is 16.6. The van der Waals surface area contributed by atoms with E-state index in [-0.39, 0.29) is 29.6 Å². The van der Waals surface area contributed by atoms with Gasteiger partial charge in [-0.1, -0.05) is 45.0 Å². The molecule has 0 bridgehead atoms. The summed E-state index contributed by atoms with van der Waals surface area (Å²) in [7, 11) is 0. The van der Waals surface area contributed by atoms with Gasteiger partial charge >= 0.3 is 6.09 Å². The fraction of sp³-hybridized carbons (Fsp3) is 0.652. The molecule has 0 N–H and O–H groups in total. The third kappa shape index (κ3) is 4.40. The summed E-state index contributed by atoms with van der Waals surface area (Å²) in [4.78, 5) is 29.8. The zero-order valence-electron chi connectivity index (χ0n) is 18.1. The first kappa shape index (κ1) is 20.8. The van der Waals surface area contributed by atoms with Crippen LogP contribution in [0.3, 0.4) is 0 Å². The maximum absolute atomic E-state index is 13.0. The smallest absolute Gasteiger partial charge is 0.410 e. The number of amides is 1. The molecule has 2 aliphatic rings. The maximum Gasteiger partial charge on any atom is 0.410 e. The molecular weight excluding hydrogens is 352 g/mol. The van der Waals surface area contributed by atoms with Crippen molar-refractivity contribution in [2.45, 2.75) is 78.6 Å². The van der Waals surface area contributed by atoms with Crippen molar-refractivity contribution >= 4 is 11.9 Å². The van der Waals surface area contributed by atoms with Crippen molar-refractivity contribution in [3.05, 3.63) is 35.4 Å². The van der Waals surface area contributed by atoms with Crippen LogP contribution in [0.2, 0.25) is 0 Å². The lowest BCUT2D eigenvalue weighted by Crippen LogP contribution is -2.50. The largest absolute Gasteiger partial charge is 0.445 e. The first-order valence-electron chi connectivity index (χ1n) is 10.3. The van der Waals surface area contributed by atoms with E-state index in [0.717, 1.165) is 6.42 Å². The highest BCUT2D eigenvalue weighted by Crippen LogP contribution is 2.33. The summed E-state index contributed by atoms with van der Waals surface area (Å²) in [5.74, 6) is 0.216. The van der Waals surface area contributed by atoms with Crippen molar-refractivity contribution in [1.29, 1.82) is 0 Å². The number of carbonyl (C=O) groups is 2. The van der Waals surface area contributed by atoms with E-state index < -0.39 is 5.41 Å². The second-order valence-corrected chi connectivity index (χ2v) is 10.1. The van der Waals surface area contributed by atoms with Gasteiger partial charge in [-0.2, -0.15) is 0 Å². The van der Waals surface area contributed by atoms with Gasteiger partial charge < -0.3 is 9.64 Å². The Labute approximate surface area is 169 Å². The topological polar surface area (TPSA) is 49.9 Å². The highest BCUT2D eigenvalue weighted by Gasteiger charge is 2.46. The van der Waals surface area contributed by atoms with Crippen LogP contribution in [0.4, 0.5) is 4.79 Å². The van der Waals surface area contributed by atoms with Crippen LogP contribution >= 0.6 is 0 Å². The number of Topliss-reactive ketones (excluding diaryl/α,β-unsaturated/α-hetero) is 1. The minimum absolute atomic E-state index is 0.156. The number of fused-ring (bicyclic) bond motifs is 1. The molecule has 154 valence electrons. The maximum atomic E-state index is 13.0. The molecule has 1 saturated heterocycles. The van der Waals surface area contributed by atoms with Gasteiger partial charge in [-0.05, 0) is 38.3 Å². The molecule has 5 nitrogen and oxygen atoms in total. The Balaban J connectivity index is 1.68. The number of ketones is 1. The average molecular weight is 387 g/mol. The Morgan fingerprint density at radius 3 is 2.29 bits per heavy atom. The van der Waals surface area contributed by atoms with Gasteiger partial charge in [0, 0.05) is 37.0 Å². The Morgan fingerprint density at radius 2 is 1.68 bits per heavy atom. The monoisotopic (exact) mass is 386 g/mol. The van der Waals surface area contributed by atoms with Gasteiger partial charge in [0.2, 0.25) is 0 Å². The van der Waals surface area contributed by atoms with Gasteiger partial charge in [-0.3, -0.25) is 9.69 Å². The quantitative estimate of drug-likeness (QED) is 0.770. The molecule has 0 saturated carbocycles. The van der Waals surface area contributed by atoms with E-state index in [2.05, 4.69) is 37.8 Å². The van der Waals surface area contributed by atoms with Crippen LogP contribution in [0.25, 0.3) is 0 Å². The second-order valence-electron chi connectivity index (χ2n) is 10.1. The summed E-state index contributed by atoms with van der Waals surface area (Å²) < 4.78 is 5.88. The van der Waals surface area contributed by atoms with Crippen LogP contribution in [0, 0.1) is 5.41 Å². The summed E-state index contributed by atoms with van der Waals surface area (Å²) in [6.07, 6.45) is 0.913. The zero-order chi connectivity index (χ0) is 20.7. The van der Waals surface area contributed by atoms with E-state index in [1.165, 1.54) is 11.1 Å². The van der Waals surface area contributed by atoms with Crippen LogP contribution < -0.4 is 0 Å². The first-order valence-corrected chi connectivity index (χ1v) is 10.3. The zero-order valence-corrected chi connectivity index (χ0v) is 18.1. The minimum Gasteiger partial charge on any atom is -0.445 e. The van der Waals surface area contributed by atoms with Crippen molar-refractivity contribution in [3.63, 3.8) is 0 Å². The lowest BCUT2D eigenvalue weighted by molar-refractivity contribution is -0.132. The molecule has 1 amide bonds. The fourth-order valence-corrected chi connectivity index (χ4v) is 4.24. The van der Waals surface area contributed by atoms with E-state index in [9.17, 15) is 9.59 Å². The lowest BCUT2D eigenvalue weighted by atomic mass is 9.84. The fourth-order valence-electron chi connectivity index (χ4n) is 4.24. The summed E-state index contributed by atoms with van der Waals surface area (Å²) >= 11 is 0. The second kappa shape index (κ2) is 7.51. The molecular formula is C23H34N2O3. The number of ether oxygens (including phenoxy) is 1. The Bertz CT molecular complexity index is 745. The Morgan fingerprint density at radius 1 is 1.04 bits per heavy atom. The molecule has 28 heavy (non-hydrogen) atoms. The van der Waals surface area contributed by atoms with Crippen molar-refractivity contribution in [3.8, 4) is 0 Å². The van der Waals surface area contributed by atoms with Crippen molar-refractivity contribution in [2.24, 2.45) is 5.41 Å². The predicted octanol–water partition coefficient (Wildman–Crippen LogP) is 4.04. The predicted molar refractivity (Wildman–Crippen MR) is 110 cm³/mol. The molecule has 2 unspecified atom stereocenters. The molecule has 2 heterocycles. The number of nitrogens with zero attached hydrogens (tertiary/aromatic N) is 2. The minimum atomic E-state index is -0.413. The van der Waals surface area contributed by atoms with Gasteiger partial charge in [0.25, 0.3) is 0 Å². The number of hydrogen-bond donors (Lipinski definition) is 0. The number of benzene rings is 1. The van der Waals surface area contributed by atoms with Gasteiger partial charge in [0.15, 0.2) is 5.78 Å². The normalized spacial score (nSPS) is 23.4. The lowest BCUT2D eigenvalue weighted by Gasteiger charge is -2.38. The molecule has 0 spiro atoms. The van der Waals surface area contributed by atoms with Crippen molar-refractivity contribution < 1.29 is 14.3 Å². The SMILES string of the molecule is CC(C)(C)C(=O)C1CC(OC(=O)N2CCc3ccccc3C2)CN1C(C)(C)C. The van der Waals surface area contributed by atoms with E-state index in [0.29, 0.717) is 26.1 Å².